The number of hydrogen-bond donors (Lipinski definition) is 1. The van der Waals surface area contributed by atoms with E-state index in [2.05, 4.69) is 25.7 Å². The van der Waals surface area contributed by atoms with Crippen molar-refractivity contribution < 1.29 is 4.74 Å². The summed E-state index contributed by atoms with van der Waals surface area (Å²) in [6, 6.07) is 0.800. The number of likely N-dealkylation sites (tertiary alicyclic amines) is 1. The first-order valence-electron chi connectivity index (χ1n) is 5.58. The summed E-state index contributed by atoms with van der Waals surface area (Å²) in [6.07, 6.45) is 1.50. The lowest BCUT2D eigenvalue weighted by molar-refractivity contribution is 0.0153. The van der Waals surface area contributed by atoms with E-state index < -0.39 is 0 Å². The molecule has 84 valence electrons. The van der Waals surface area contributed by atoms with Crippen molar-refractivity contribution >= 4 is 0 Å². The Morgan fingerprint density at radius 3 is 2.57 bits per heavy atom. The van der Waals surface area contributed by atoms with E-state index in [0.717, 1.165) is 13.1 Å². The third kappa shape index (κ3) is 2.69. The second-order valence-corrected chi connectivity index (χ2v) is 4.61. The predicted octanol–water partition coefficient (Wildman–Crippen LogP) is 1.08. The number of rotatable bonds is 3. The molecule has 0 aliphatic carbocycles. The molecule has 1 heterocycles. The van der Waals surface area contributed by atoms with Gasteiger partial charge in [0.25, 0.3) is 0 Å². The maximum absolute atomic E-state index is 6.07. The molecule has 0 spiro atoms. The molecule has 3 heteroatoms. The molecule has 0 aromatic rings. The van der Waals surface area contributed by atoms with Gasteiger partial charge < -0.3 is 10.5 Å². The molecule has 14 heavy (non-hydrogen) atoms. The molecule has 3 nitrogen and oxygen atoms in total. The van der Waals surface area contributed by atoms with E-state index in [4.69, 9.17) is 10.5 Å². The van der Waals surface area contributed by atoms with Crippen molar-refractivity contribution in [3.05, 3.63) is 0 Å². The van der Waals surface area contributed by atoms with Crippen LogP contribution in [0.2, 0.25) is 0 Å². The number of ether oxygens (including phenoxy) is 1. The summed E-state index contributed by atoms with van der Waals surface area (Å²) < 4.78 is 5.34. The quantitative estimate of drug-likeness (QED) is 0.741. The van der Waals surface area contributed by atoms with Crippen LogP contribution in [0.1, 0.15) is 27.2 Å². The lowest BCUT2D eigenvalue weighted by Gasteiger charge is -2.40. The third-order valence-corrected chi connectivity index (χ3v) is 3.67. The molecule has 4 atom stereocenters. The average Bonchev–Trinajstić information content (AvgIpc) is 2.20. The van der Waals surface area contributed by atoms with Crippen LogP contribution in [0.25, 0.3) is 0 Å². The van der Waals surface area contributed by atoms with Crippen LogP contribution in [0, 0.1) is 5.92 Å². The molecule has 0 aromatic heterocycles. The molecule has 0 aromatic carbocycles. The third-order valence-electron chi connectivity index (χ3n) is 3.67. The van der Waals surface area contributed by atoms with E-state index in [1.165, 1.54) is 6.42 Å². The zero-order valence-electron chi connectivity index (χ0n) is 9.86. The van der Waals surface area contributed by atoms with Crippen LogP contribution >= 0.6 is 0 Å². The monoisotopic (exact) mass is 200 g/mol. The van der Waals surface area contributed by atoms with E-state index in [-0.39, 0.29) is 6.10 Å². The normalized spacial score (nSPS) is 34.1. The average molecular weight is 200 g/mol. The van der Waals surface area contributed by atoms with Crippen LogP contribution in [-0.2, 0) is 4.74 Å². The summed E-state index contributed by atoms with van der Waals surface area (Å²) in [6.45, 7) is 8.75. The van der Waals surface area contributed by atoms with Gasteiger partial charge in [-0.25, -0.2) is 0 Å². The second-order valence-electron chi connectivity index (χ2n) is 4.61. The van der Waals surface area contributed by atoms with Crippen LogP contribution in [0.4, 0.5) is 0 Å². The summed E-state index contributed by atoms with van der Waals surface area (Å²) in [7, 11) is 1.77. The Balaban J connectivity index is 2.45. The maximum Gasteiger partial charge on any atom is 0.0695 e. The van der Waals surface area contributed by atoms with Crippen LogP contribution < -0.4 is 5.73 Å². The van der Waals surface area contributed by atoms with E-state index in [1.54, 1.807) is 7.11 Å². The molecule has 0 amide bonds. The molecule has 0 saturated carbocycles. The largest absolute Gasteiger partial charge is 0.380 e. The molecule has 1 rings (SSSR count). The van der Waals surface area contributed by atoms with Gasteiger partial charge in [0.1, 0.15) is 0 Å². The van der Waals surface area contributed by atoms with Crippen molar-refractivity contribution in [1.82, 2.24) is 4.90 Å². The van der Waals surface area contributed by atoms with Crippen molar-refractivity contribution in [2.75, 3.05) is 20.2 Å². The van der Waals surface area contributed by atoms with Crippen molar-refractivity contribution in [2.45, 2.75) is 45.4 Å². The van der Waals surface area contributed by atoms with Gasteiger partial charge in [0.2, 0.25) is 0 Å². The number of nitrogens with two attached hydrogens (primary N) is 1. The first kappa shape index (κ1) is 12.0. The Kier molecular flexibility index (Phi) is 4.35. The molecule has 1 saturated heterocycles. The first-order chi connectivity index (χ1) is 6.56. The van der Waals surface area contributed by atoms with Crippen molar-refractivity contribution in [2.24, 2.45) is 11.7 Å². The fraction of sp³-hybridized carbons (Fsp3) is 1.00. The first-order valence-corrected chi connectivity index (χ1v) is 5.58. The van der Waals surface area contributed by atoms with E-state index in [1.807, 2.05) is 0 Å². The minimum atomic E-state index is 0.288. The summed E-state index contributed by atoms with van der Waals surface area (Å²) in [5.74, 6) is 0.663. The Bertz CT molecular complexity index is 175. The van der Waals surface area contributed by atoms with Gasteiger partial charge in [-0.3, -0.25) is 4.90 Å². The summed E-state index contributed by atoms with van der Waals surface area (Å²) in [5, 5.41) is 0. The summed E-state index contributed by atoms with van der Waals surface area (Å²) >= 11 is 0. The molecule has 1 aliphatic heterocycles. The fourth-order valence-electron chi connectivity index (χ4n) is 1.99. The van der Waals surface area contributed by atoms with Gasteiger partial charge in [-0.1, -0.05) is 6.92 Å². The number of hydrogen-bond acceptors (Lipinski definition) is 3. The van der Waals surface area contributed by atoms with Crippen LogP contribution in [0.15, 0.2) is 0 Å². The molecule has 0 radical (unpaired) electrons. The molecular weight excluding hydrogens is 176 g/mol. The van der Waals surface area contributed by atoms with Gasteiger partial charge in [-0.05, 0) is 32.7 Å². The highest BCUT2D eigenvalue weighted by Crippen LogP contribution is 2.19. The van der Waals surface area contributed by atoms with Crippen molar-refractivity contribution in [1.29, 1.82) is 0 Å². The molecule has 2 N–H and O–H groups in total. The van der Waals surface area contributed by atoms with E-state index in [9.17, 15) is 0 Å². The van der Waals surface area contributed by atoms with Crippen LogP contribution in [0.3, 0.4) is 0 Å². The van der Waals surface area contributed by atoms with Crippen molar-refractivity contribution in [3.8, 4) is 0 Å². The molecule has 1 fully saturated rings. The van der Waals surface area contributed by atoms with Gasteiger partial charge in [0, 0.05) is 25.7 Å². The van der Waals surface area contributed by atoms with Gasteiger partial charge in [0.05, 0.1) is 6.10 Å². The predicted molar refractivity (Wildman–Crippen MR) is 59.3 cm³/mol. The lowest BCUT2D eigenvalue weighted by atomic mass is 9.93. The fourth-order valence-corrected chi connectivity index (χ4v) is 1.99. The SMILES string of the molecule is COC(C)C(C)N1CCC(C)C(N)C1. The molecule has 4 unspecified atom stereocenters. The standard InChI is InChI=1S/C11H24N2O/c1-8-5-6-13(7-11(8)12)9(2)10(3)14-4/h8-11H,5-7,12H2,1-4H3. The Hall–Kier alpha value is -0.120. The molecule has 1 aliphatic rings. The highest BCUT2D eigenvalue weighted by molar-refractivity contribution is 4.84. The summed E-state index contributed by atoms with van der Waals surface area (Å²) in [4.78, 5) is 2.44. The van der Waals surface area contributed by atoms with E-state index in [0.29, 0.717) is 18.0 Å². The topological polar surface area (TPSA) is 38.5 Å². The minimum absolute atomic E-state index is 0.288. The van der Waals surface area contributed by atoms with Gasteiger partial charge in [-0.2, -0.15) is 0 Å². The van der Waals surface area contributed by atoms with Gasteiger partial charge in [0.15, 0.2) is 0 Å². The van der Waals surface area contributed by atoms with Crippen LogP contribution in [-0.4, -0.2) is 43.3 Å². The number of piperidine rings is 1. The molecular formula is C11H24N2O. The number of nitrogens with zero attached hydrogens (tertiary/aromatic N) is 1. The minimum Gasteiger partial charge on any atom is -0.380 e. The zero-order chi connectivity index (χ0) is 10.7. The van der Waals surface area contributed by atoms with Crippen molar-refractivity contribution in [3.63, 3.8) is 0 Å². The Morgan fingerprint density at radius 1 is 1.43 bits per heavy atom. The highest BCUT2D eigenvalue weighted by atomic mass is 16.5. The Morgan fingerprint density at radius 2 is 2.07 bits per heavy atom. The lowest BCUT2D eigenvalue weighted by Crippen LogP contribution is -2.53. The maximum atomic E-state index is 6.07. The van der Waals surface area contributed by atoms with E-state index >= 15 is 0 Å². The smallest absolute Gasteiger partial charge is 0.0695 e. The van der Waals surface area contributed by atoms with Crippen LogP contribution in [0.5, 0.6) is 0 Å². The Labute approximate surface area is 87.6 Å². The number of methoxy groups -OCH3 is 1. The van der Waals surface area contributed by atoms with Gasteiger partial charge in [-0.15, -0.1) is 0 Å². The second kappa shape index (κ2) is 5.10. The van der Waals surface area contributed by atoms with Gasteiger partial charge >= 0.3 is 0 Å². The molecule has 0 bridgehead atoms. The highest BCUT2D eigenvalue weighted by Gasteiger charge is 2.28. The zero-order valence-corrected chi connectivity index (χ0v) is 9.86. The summed E-state index contributed by atoms with van der Waals surface area (Å²) in [5.41, 5.74) is 6.07.